The number of hydrogen-bond acceptors (Lipinski definition) is 8. The molecule has 0 rings (SSSR count). The van der Waals surface area contributed by atoms with Crippen molar-refractivity contribution in [2.45, 2.75) is 328 Å². The lowest BCUT2D eigenvalue weighted by atomic mass is 10.0. The van der Waals surface area contributed by atoms with Gasteiger partial charge in [-0.2, -0.15) is 0 Å². The predicted octanol–water partition coefficient (Wildman–Crippen LogP) is 25.6. The zero-order valence-corrected chi connectivity index (χ0v) is 63.4. The molecule has 2 unspecified atom stereocenters. The van der Waals surface area contributed by atoms with Gasteiger partial charge in [-0.1, -0.05) is 339 Å². The van der Waals surface area contributed by atoms with E-state index in [4.69, 9.17) is 18.5 Å². The minimum Gasteiger partial charge on any atom is -0.756 e. The molecule has 2 atom stereocenters. The van der Waals surface area contributed by atoms with E-state index in [2.05, 4.69) is 172 Å². The van der Waals surface area contributed by atoms with Crippen molar-refractivity contribution in [1.29, 1.82) is 0 Å². The molecule has 0 aliphatic rings. The number of nitrogens with zero attached hydrogens (tertiary/aromatic N) is 1. The number of quaternary nitrogens is 1. The van der Waals surface area contributed by atoms with E-state index in [1.54, 1.807) is 0 Å². The molecule has 0 aromatic rings. The zero-order chi connectivity index (χ0) is 69.7. The molecule has 0 spiro atoms. The third-order valence-electron chi connectivity index (χ3n) is 16.5. The number of unbranched alkanes of at least 4 members (excludes halogenated alkanes) is 31. The summed E-state index contributed by atoms with van der Waals surface area (Å²) in [6.45, 7) is 4.10. The Labute approximate surface area is 592 Å². The quantitative estimate of drug-likeness (QED) is 0.0195. The molecule has 0 fully saturated rings. The maximum Gasteiger partial charge on any atom is 0.306 e. The second-order valence-electron chi connectivity index (χ2n) is 27.0. The maximum absolute atomic E-state index is 12.9. The summed E-state index contributed by atoms with van der Waals surface area (Å²) in [5, 5.41) is 0. The number of phosphoric acid groups is 1. The van der Waals surface area contributed by atoms with Crippen LogP contribution in [0.15, 0.2) is 158 Å². The highest BCUT2D eigenvalue weighted by Gasteiger charge is 2.22. The van der Waals surface area contributed by atoms with Crippen LogP contribution in [0.2, 0.25) is 0 Å². The summed E-state index contributed by atoms with van der Waals surface area (Å²) in [6.07, 6.45) is 112. The molecule has 0 heterocycles. The summed E-state index contributed by atoms with van der Waals surface area (Å²) >= 11 is 0. The van der Waals surface area contributed by atoms with Crippen LogP contribution in [0.4, 0.5) is 0 Å². The van der Waals surface area contributed by atoms with Crippen molar-refractivity contribution in [2.75, 3.05) is 47.5 Å². The summed E-state index contributed by atoms with van der Waals surface area (Å²) in [5.74, 6) is -0.862. The van der Waals surface area contributed by atoms with Crippen LogP contribution >= 0.6 is 7.82 Å². The van der Waals surface area contributed by atoms with Crippen LogP contribution in [0.3, 0.4) is 0 Å². The van der Waals surface area contributed by atoms with Crippen molar-refractivity contribution >= 4 is 19.8 Å². The van der Waals surface area contributed by atoms with Gasteiger partial charge in [-0.25, -0.2) is 0 Å². The van der Waals surface area contributed by atoms with Crippen LogP contribution in [0, 0.1) is 0 Å². The summed E-state index contributed by atoms with van der Waals surface area (Å²) in [6, 6.07) is 0. The molecule has 9 nitrogen and oxygen atoms in total. The molecule has 10 heteroatoms. The lowest BCUT2D eigenvalue weighted by Crippen LogP contribution is -2.37. The van der Waals surface area contributed by atoms with Crippen molar-refractivity contribution in [1.82, 2.24) is 0 Å². The largest absolute Gasteiger partial charge is 0.756 e. The average Bonchev–Trinajstić information content (AvgIpc) is 2.74. The normalized spacial score (nSPS) is 13.9. The molecule has 96 heavy (non-hydrogen) atoms. The van der Waals surface area contributed by atoms with Crippen LogP contribution in [-0.4, -0.2) is 70.0 Å². The van der Waals surface area contributed by atoms with Crippen molar-refractivity contribution in [3.05, 3.63) is 158 Å². The Morgan fingerprint density at radius 2 is 0.594 bits per heavy atom. The summed E-state index contributed by atoms with van der Waals surface area (Å²) < 4.78 is 34.3. The minimum atomic E-state index is -4.66. The van der Waals surface area contributed by atoms with Gasteiger partial charge in [0.1, 0.15) is 19.8 Å². The summed E-state index contributed by atoms with van der Waals surface area (Å²) in [5.41, 5.74) is 0. The molecule has 0 aliphatic heterocycles. The van der Waals surface area contributed by atoms with Gasteiger partial charge in [0.2, 0.25) is 0 Å². The highest BCUT2D eigenvalue weighted by molar-refractivity contribution is 7.45. The number of phosphoric ester groups is 1. The van der Waals surface area contributed by atoms with Crippen molar-refractivity contribution in [2.24, 2.45) is 0 Å². The van der Waals surface area contributed by atoms with E-state index >= 15 is 0 Å². The third-order valence-corrected chi connectivity index (χ3v) is 17.5. The van der Waals surface area contributed by atoms with E-state index < -0.39 is 32.5 Å². The SMILES string of the molecule is CC/C=C\C/C=C\C/C=C\C/C=C\C/C=C\C/C=C\C/C=C\C/C=C\C/C=C\C/C=C\CCCCCCC(=O)OC(COC(=O)CCCCCCCCCCCCCCCCCCCCCCCC/C=C\C/C=C\C/C=C\CCCCCCC)COP(=O)([O-])OCC[N+](C)(C)C. The Morgan fingerprint density at radius 3 is 0.885 bits per heavy atom. The van der Waals surface area contributed by atoms with Crippen LogP contribution < -0.4 is 4.89 Å². The lowest BCUT2D eigenvalue weighted by molar-refractivity contribution is -0.870. The van der Waals surface area contributed by atoms with Gasteiger partial charge < -0.3 is 27.9 Å². The van der Waals surface area contributed by atoms with Crippen molar-refractivity contribution in [3.63, 3.8) is 0 Å². The van der Waals surface area contributed by atoms with Gasteiger partial charge in [-0.3, -0.25) is 14.2 Å². The number of carbonyl (C=O) groups is 2. The van der Waals surface area contributed by atoms with Crippen molar-refractivity contribution in [3.8, 4) is 0 Å². The molecule has 548 valence electrons. The molecule has 0 aromatic carbocycles. The Hall–Kier alpha value is -4.37. The molecular formula is C86H146NO8P. The Kier molecular flexibility index (Phi) is 71.4. The van der Waals surface area contributed by atoms with Gasteiger partial charge >= 0.3 is 11.9 Å². The highest BCUT2D eigenvalue weighted by Crippen LogP contribution is 2.38. The number of carbonyl (C=O) groups excluding carboxylic acids is 2. The van der Waals surface area contributed by atoms with Gasteiger partial charge in [0.15, 0.2) is 6.10 Å². The smallest absolute Gasteiger partial charge is 0.306 e. The number of rotatable bonds is 71. The van der Waals surface area contributed by atoms with Gasteiger partial charge in [-0.15, -0.1) is 0 Å². The van der Waals surface area contributed by atoms with Crippen molar-refractivity contribution < 1.29 is 42.1 Å². The van der Waals surface area contributed by atoms with Gasteiger partial charge in [0.05, 0.1) is 27.7 Å². The molecule has 0 saturated heterocycles. The number of allylic oxidation sites excluding steroid dienone is 26. The number of esters is 2. The van der Waals surface area contributed by atoms with Gasteiger partial charge in [0.25, 0.3) is 7.82 Å². The third kappa shape index (κ3) is 78.6. The zero-order valence-electron chi connectivity index (χ0n) is 62.5. The first-order chi connectivity index (χ1) is 47.0. The van der Waals surface area contributed by atoms with Crippen LogP contribution in [-0.2, 0) is 32.7 Å². The Balaban J connectivity index is 4.07. The molecule has 0 aliphatic carbocycles. The Morgan fingerprint density at radius 1 is 0.333 bits per heavy atom. The second-order valence-corrected chi connectivity index (χ2v) is 28.4. The predicted molar refractivity (Wildman–Crippen MR) is 415 cm³/mol. The van der Waals surface area contributed by atoms with E-state index in [0.717, 1.165) is 122 Å². The maximum atomic E-state index is 12.9. The monoisotopic (exact) mass is 1350 g/mol. The highest BCUT2D eigenvalue weighted by atomic mass is 31.2. The molecule has 0 radical (unpaired) electrons. The molecular weight excluding hydrogens is 1210 g/mol. The standard InChI is InChI=1S/C86H146NO8P/c1-6-8-10-12-14-16-18-20-22-24-26-28-30-32-34-36-38-40-42-43-45-46-48-50-52-54-56-58-60-62-64-66-68-70-72-74-76-78-85(88)92-82-84(83-94-96(90,91)93-81-80-87(3,4)5)95-86(89)79-77-75-73-71-69-67-65-63-61-59-57-55-53-51-49-47-44-41-39-37-35-33-31-29-27-25-23-21-19-17-15-13-11-9-7-2/h9,11,15,17-18,20-21,23-24,26-27,29-30,32-33,35,39,41,47,49,53,55,59,61,65,67,84H,6-8,10,12-14,16,19,22,25,28,31,34,36-38,40,42-46,48,50-52,54,56-58,60,62-64,66,68-83H2,1-5H3/b11-9-,17-15-,20-18-,23-21-,26-24-,29-27-,32-30-,35-33-,41-39-,49-47-,55-53-,61-59-,67-65-. The number of hydrogen-bond donors (Lipinski definition) is 0. The second kappa shape index (κ2) is 74.8. The van der Waals surface area contributed by atoms with E-state index in [9.17, 15) is 19.0 Å². The fourth-order valence-electron chi connectivity index (χ4n) is 10.6. The van der Waals surface area contributed by atoms with E-state index in [1.165, 1.54) is 167 Å². The molecule has 0 aromatic heterocycles. The fourth-order valence-corrected chi connectivity index (χ4v) is 11.3. The summed E-state index contributed by atoms with van der Waals surface area (Å²) in [4.78, 5) is 38.2. The Bertz CT molecular complexity index is 2180. The molecule has 0 bridgehead atoms. The molecule has 0 N–H and O–H groups in total. The average molecular weight is 1350 g/mol. The van der Waals surface area contributed by atoms with E-state index in [0.29, 0.717) is 17.4 Å². The van der Waals surface area contributed by atoms with Gasteiger partial charge in [0, 0.05) is 12.8 Å². The van der Waals surface area contributed by atoms with Crippen LogP contribution in [0.1, 0.15) is 322 Å². The van der Waals surface area contributed by atoms with Crippen LogP contribution in [0.5, 0.6) is 0 Å². The first kappa shape index (κ1) is 91.6. The summed E-state index contributed by atoms with van der Waals surface area (Å²) in [7, 11) is 1.14. The van der Waals surface area contributed by atoms with E-state index in [-0.39, 0.29) is 26.1 Å². The fraction of sp³-hybridized carbons (Fsp3) is 0.674. The minimum absolute atomic E-state index is 0.0429. The first-order valence-electron chi connectivity index (χ1n) is 39.2. The molecule has 0 saturated carbocycles. The topological polar surface area (TPSA) is 111 Å². The molecule has 0 amide bonds. The lowest BCUT2D eigenvalue weighted by Gasteiger charge is -2.28. The number of ether oxygens (including phenoxy) is 2. The van der Waals surface area contributed by atoms with E-state index in [1.807, 2.05) is 21.1 Å². The van der Waals surface area contributed by atoms with Crippen LogP contribution in [0.25, 0.3) is 0 Å². The first-order valence-corrected chi connectivity index (χ1v) is 40.7. The van der Waals surface area contributed by atoms with Gasteiger partial charge in [-0.05, 0) is 128 Å². The number of likely N-dealkylation sites (N-methyl/N-ethyl adjacent to an activating group) is 1.